The molecule has 2 amide bonds. The van der Waals surface area contributed by atoms with Crippen LogP contribution in [0, 0.1) is 13.8 Å². The number of amides is 2. The molecule has 1 heterocycles. The second-order valence-corrected chi connectivity index (χ2v) is 7.69. The molecule has 2 aromatic carbocycles. The number of rotatable bonds is 8. The summed E-state index contributed by atoms with van der Waals surface area (Å²) in [5.41, 5.74) is 4.05. The fraction of sp³-hybridized carbons (Fsp3) is 0.360. The van der Waals surface area contributed by atoms with E-state index >= 15 is 0 Å². The van der Waals surface area contributed by atoms with E-state index in [4.69, 9.17) is 9.47 Å². The van der Waals surface area contributed by atoms with E-state index in [9.17, 15) is 9.59 Å². The minimum Gasteiger partial charge on any atom is -0.463 e. The Bertz CT molecular complexity index is 980. The number of allylic oxidation sites excluding steroid dienone is 1. The highest BCUT2D eigenvalue weighted by Gasteiger charge is 2.33. The molecule has 6 nitrogen and oxygen atoms in total. The summed E-state index contributed by atoms with van der Waals surface area (Å²) < 4.78 is 11.3. The zero-order valence-electron chi connectivity index (χ0n) is 18.6. The van der Waals surface area contributed by atoms with Gasteiger partial charge in [-0.3, -0.25) is 0 Å². The molecule has 6 heteroatoms. The first-order valence-electron chi connectivity index (χ1n) is 10.8. The molecule has 1 aliphatic rings. The van der Waals surface area contributed by atoms with Crippen LogP contribution >= 0.6 is 0 Å². The fourth-order valence-electron chi connectivity index (χ4n) is 3.54. The van der Waals surface area contributed by atoms with Gasteiger partial charge in [-0.15, -0.1) is 0 Å². The van der Waals surface area contributed by atoms with Gasteiger partial charge in [-0.25, -0.2) is 9.59 Å². The Morgan fingerprint density at radius 1 is 1.06 bits per heavy atom. The molecule has 3 rings (SSSR count). The van der Waals surface area contributed by atoms with Crippen LogP contribution in [0.4, 0.5) is 4.79 Å². The van der Waals surface area contributed by atoms with E-state index in [0.29, 0.717) is 23.4 Å². The van der Waals surface area contributed by atoms with Crippen molar-refractivity contribution in [2.75, 3.05) is 6.61 Å². The van der Waals surface area contributed by atoms with Gasteiger partial charge in [-0.2, -0.15) is 0 Å². The van der Waals surface area contributed by atoms with Crippen molar-refractivity contribution in [1.82, 2.24) is 10.6 Å². The molecule has 0 bridgehead atoms. The number of esters is 1. The second-order valence-electron chi connectivity index (χ2n) is 7.69. The Kier molecular flexibility index (Phi) is 7.34. The van der Waals surface area contributed by atoms with Crippen LogP contribution in [0.25, 0.3) is 0 Å². The summed E-state index contributed by atoms with van der Waals surface area (Å²) in [7, 11) is 0. The quantitative estimate of drug-likeness (QED) is 0.554. The molecular weight excluding hydrogens is 392 g/mol. The van der Waals surface area contributed by atoms with Crippen molar-refractivity contribution in [2.24, 2.45) is 0 Å². The van der Waals surface area contributed by atoms with E-state index in [2.05, 4.69) is 17.6 Å². The van der Waals surface area contributed by atoms with Crippen molar-refractivity contribution in [3.63, 3.8) is 0 Å². The molecule has 0 aliphatic carbocycles. The SMILES string of the molecule is CCCCC1=C(C(=O)OCC)C(c2ccc(Oc3cc(C)ccc3C)cc2)NC(=O)N1. The van der Waals surface area contributed by atoms with Gasteiger partial charge < -0.3 is 20.1 Å². The average Bonchev–Trinajstić information content (AvgIpc) is 2.75. The van der Waals surface area contributed by atoms with Gasteiger partial charge in [-0.1, -0.05) is 37.6 Å². The van der Waals surface area contributed by atoms with Gasteiger partial charge >= 0.3 is 12.0 Å². The van der Waals surface area contributed by atoms with Crippen LogP contribution in [0.5, 0.6) is 11.5 Å². The van der Waals surface area contributed by atoms with Crippen molar-refractivity contribution in [1.29, 1.82) is 0 Å². The van der Waals surface area contributed by atoms with E-state index in [0.717, 1.165) is 35.3 Å². The Hall–Kier alpha value is -3.28. The summed E-state index contributed by atoms with van der Waals surface area (Å²) in [4.78, 5) is 25.0. The normalized spacial score (nSPS) is 15.9. The zero-order chi connectivity index (χ0) is 22.4. The van der Waals surface area contributed by atoms with Crippen molar-refractivity contribution < 1.29 is 19.1 Å². The van der Waals surface area contributed by atoms with E-state index in [1.54, 1.807) is 6.92 Å². The molecule has 2 aromatic rings. The summed E-state index contributed by atoms with van der Waals surface area (Å²) in [5.74, 6) is 1.07. The molecular formula is C25H30N2O4. The Balaban J connectivity index is 1.90. The van der Waals surface area contributed by atoms with Gasteiger partial charge in [-0.05, 0) is 68.5 Å². The molecule has 0 aromatic heterocycles. The molecule has 0 spiro atoms. The number of hydrogen-bond donors (Lipinski definition) is 2. The minimum absolute atomic E-state index is 0.271. The lowest BCUT2D eigenvalue weighted by molar-refractivity contribution is -0.139. The molecule has 1 aliphatic heterocycles. The smallest absolute Gasteiger partial charge is 0.338 e. The number of benzene rings is 2. The number of carbonyl (C=O) groups excluding carboxylic acids is 2. The van der Waals surface area contributed by atoms with Crippen molar-refractivity contribution in [3.8, 4) is 11.5 Å². The lowest BCUT2D eigenvalue weighted by atomic mass is 9.93. The molecule has 2 N–H and O–H groups in total. The van der Waals surface area contributed by atoms with Crippen molar-refractivity contribution in [2.45, 2.75) is 53.0 Å². The van der Waals surface area contributed by atoms with Gasteiger partial charge in [0.1, 0.15) is 11.5 Å². The lowest BCUT2D eigenvalue weighted by Gasteiger charge is -2.29. The van der Waals surface area contributed by atoms with Crippen LogP contribution in [-0.4, -0.2) is 18.6 Å². The molecule has 0 fully saturated rings. The number of unbranched alkanes of at least 4 members (excludes halogenated alkanes) is 1. The van der Waals surface area contributed by atoms with Crippen molar-refractivity contribution in [3.05, 3.63) is 70.4 Å². The highest BCUT2D eigenvalue weighted by molar-refractivity contribution is 5.95. The first-order valence-corrected chi connectivity index (χ1v) is 10.8. The summed E-state index contributed by atoms with van der Waals surface area (Å²) >= 11 is 0. The topological polar surface area (TPSA) is 76.7 Å². The van der Waals surface area contributed by atoms with Crippen LogP contribution in [0.2, 0.25) is 0 Å². The largest absolute Gasteiger partial charge is 0.463 e. The summed E-state index contributed by atoms with van der Waals surface area (Å²) in [5, 5.41) is 5.66. The Labute approximate surface area is 183 Å². The van der Waals surface area contributed by atoms with E-state index in [-0.39, 0.29) is 12.6 Å². The van der Waals surface area contributed by atoms with Gasteiger partial charge in [0.2, 0.25) is 0 Å². The van der Waals surface area contributed by atoms with E-state index in [1.807, 2.05) is 56.3 Å². The molecule has 1 atom stereocenters. The molecule has 0 saturated heterocycles. The van der Waals surface area contributed by atoms with Crippen LogP contribution in [-0.2, 0) is 9.53 Å². The lowest BCUT2D eigenvalue weighted by Crippen LogP contribution is -2.46. The minimum atomic E-state index is -0.575. The van der Waals surface area contributed by atoms with Gasteiger partial charge in [0.05, 0.1) is 18.2 Å². The average molecular weight is 423 g/mol. The zero-order valence-corrected chi connectivity index (χ0v) is 18.6. The summed E-state index contributed by atoms with van der Waals surface area (Å²) in [6.45, 7) is 8.14. The van der Waals surface area contributed by atoms with Crippen LogP contribution in [0.1, 0.15) is 55.8 Å². The third-order valence-electron chi connectivity index (χ3n) is 5.21. The van der Waals surface area contributed by atoms with E-state index < -0.39 is 12.0 Å². The molecule has 164 valence electrons. The first kappa shape index (κ1) is 22.4. The van der Waals surface area contributed by atoms with Gasteiger partial charge in [0.15, 0.2) is 0 Å². The van der Waals surface area contributed by atoms with E-state index in [1.165, 1.54) is 0 Å². The maximum absolute atomic E-state index is 12.7. The maximum atomic E-state index is 12.7. The van der Waals surface area contributed by atoms with Gasteiger partial charge in [0.25, 0.3) is 0 Å². The number of aryl methyl sites for hydroxylation is 2. The number of nitrogens with one attached hydrogen (secondary N) is 2. The molecule has 31 heavy (non-hydrogen) atoms. The number of ether oxygens (including phenoxy) is 2. The fourth-order valence-corrected chi connectivity index (χ4v) is 3.54. The van der Waals surface area contributed by atoms with Crippen molar-refractivity contribution >= 4 is 12.0 Å². The number of carbonyl (C=O) groups is 2. The number of hydrogen-bond acceptors (Lipinski definition) is 4. The summed E-state index contributed by atoms with van der Waals surface area (Å²) in [6.07, 6.45) is 2.44. The van der Waals surface area contributed by atoms with Crippen LogP contribution < -0.4 is 15.4 Å². The molecule has 1 unspecified atom stereocenters. The van der Waals surface area contributed by atoms with Gasteiger partial charge in [0, 0.05) is 5.70 Å². The monoisotopic (exact) mass is 422 g/mol. The number of urea groups is 1. The highest BCUT2D eigenvalue weighted by atomic mass is 16.5. The molecule has 0 radical (unpaired) electrons. The maximum Gasteiger partial charge on any atom is 0.338 e. The third kappa shape index (κ3) is 5.45. The van der Waals surface area contributed by atoms with Crippen LogP contribution in [0.15, 0.2) is 53.7 Å². The first-order chi connectivity index (χ1) is 14.9. The second kappa shape index (κ2) is 10.2. The Morgan fingerprint density at radius 2 is 1.81 bits per heavy atom. The standard InChI is InChI=1S/C25H30N2O4/c1-5-7-8-20-22(24(28)30-6-2)23(27-25(29)26-20)18-11-13-19(14-12-18)31-21-15-16(3)9-10-17(21)4/h9-15,23H,5-8H2,1-4H3,(H2,26,27,29). The molecule has 0 saturated carbocycles. The third-order valence-corrected chi connectivity index (χ3v) is 5.21. The predicted molar refractivity (Wildman–Crippen MR) is 120 cm³/mol. The van der Waals surface area contributed by atoms with Crippen LogP contribution in [0.3, 0.4) is 0 Å². The predicted octanol–water partition coefficient (Wildman–Crippen LogP) is 5.46. The Morgan fingerprint density at radius 3 is 2.48 bits per heavy atom. The summed E-state index contributed by atoms with van der Waals surface area (Å²) in [6, 6.07) is 12.6. The highest BCUT2D eigenvalue weighted by Crippen LogP contribution is 2.32.